The van der Waals surface area contributed by atoms with Gasteiger partial charge in [-0.3, -0.25) is 0 Å². The van der Waals surface area contributed by atoms with Gasteiger partial charge in [0.25, 0.3) is 0 Å². The van der Waals surface area contributed by atoms with Gasteiger partial charge in [-0.05, 0) is 24.6 Å². The van der Waals surface area contributed by atoms with Gasteiger partial charge in [-0.1, -0.05) is 31.4 Å². The molecule has 2 nitrogen and oxygen atoms in total. The maximum Gasteiger partial charge on any atom is 0.115 e. The van der Waals surface area contributed by atoms with Gasteiger partial charge in [0.1, 0.15) is 5.75 Å². The number of aromatic hydroxyl groups is 1. The van der Waals surface area contributed by atoms with E-state index in [1.807, 2.05) is 19.1 Å². The van der Waals surface area contributed by atoms with Crippen LogP contribution in [0.15, 0.2) is 43.7 Å². The molecule has 0 saturated heterocycles. The lowest BCUT2D eigenvalue weighted by Gasteiger charge is -1.90. The van der Waals surface area contributed by atoms with Gasteiger partial charge in [-0.15, -0.1) is 0 Å². The minimum atomic E-state index is 0.292. The SMILES string of the molecule is C=COCC.C=Cc1ccc(O)cc1. The number of rotatable bonds is 3. The van der Waals surface area contributed by atoms with Crippen LogP contribution >= 0.6 is 0 Å². The second-order valence-electron chi connectivity index (χ2n) is 2.42. The lowest BCUT2D eigenvalue weighted by Crippen LogP contribution is -1.72. The molecule has 0 aliphatic heterocycles. The highest BCUT2D eigenvalue weighted by molar-refractivity contribution is 5.47. The maximum absolute atomic E-state index is 8.82. The van der Waals surface area contributed by atoms with Crippen LogP contribution in [-0.2, 0) is 4.74 Å². The number of phenolic OH excluding ortho intramolecular Hbond substituents is 1. The van der Waals surface area contributed by atoms with Crippen molar-refractivity contribution in [2.24, 2.45) is 0 Å². The molecule has 0 spiro atoms. The molecule has 0 aliphatic rings. The molecule has 14 heavy (non-hydrogen) atoms. The van der Waals surface area contributed by atoms with Crippen molar-refractivity contribution in [2.75, 3.05) is 6.61 Å². The third-order valence-electron chi connectivity index (χ3n) is 1.41. The lowest BCUT2D eigenvalue weighted by molar-refractivity contribution is 0.270. The summed E-state index contributed by atoms with van der Waals surface area (Å²) in [5.74, 6) is 0.292. The molecule has 76 valence electrons. The van der Waals surface area contributed by atoms with Gasteiger partial charge >= 0.3 is 0 Å². The van der Waals surface area contributed by atoms with Crippen molar-refractivity contribution < 1.29 is 9.84 Å². The standard InChI is InChI=1S/C8H8O.C4H8O/c1-2-7-3-5-8(9)6-4-7;1-3-5-4-2/h2-6,9H,1H2;3H,1,4H2,2H3. The minimum Gasteiger partial charge on any atom is -0.508 e. The molecule has 0 unspecified atom stereocenters. The normalized spacial score (nSPS) is 8.07. The third kappa shape index (κ3) is 5.89. The Bertz CT molecular complexity index is 262. The largest absolute Gasteiger partial charge is 0.508 e. The summed E-state index contributed by atoms with van der Waals surface area (Å²) < 4.78 is 4.60. The van der Waals surface area contributed by atoms with Crippen LogP contribution in [0.1, 0.15) is 12.5 Å². The van der Waals surface area contributed by atoms with Crippen molar-refractivity contribution in [3.8, 4) is 5.75 Å². The highest BCUT2D eigenvalue weighted by atomic mass is 16.5. The fourth-order valence-corrected chi connectivity index (χ4v) is 0.728. The summed E-state index contributed by atoms with van der Waals surface area (Å²) in [6.07, 6.45) is 3.17. The van der Waals surface area contributed by atoms with E-state index in [1.54, 1.807) is 18.2 Å². The van der Waals surface area contributed by atoms with Gasteiger partial charge in [0.2, 0.25) is 0 Å². The zero-order valence-electron chi connectivity index (χ0n) is 8.44. The van der Waals surface area contributed by atoms with E-state index in [0.29, 0.717) is 5.75 Å². The Morgan fingerprint density at radius 2 is 1.86 bits per heavy atom. The number of hydrogen-bond donors (Lipinski definition) is 1. The van der Waals surface area contributed by atoms with Crippen LogP contribution in [0.5, 0.6) is 5.75 Å². The van der Waals surface area contributed by atoms with Crippen LogP contribution in [0.4, 0.5) is 0 Å². The second kappa shape index (κ2) is 7.92. The number of hydrogen-bond acceptors (Lipinski definition) is 2. The van der Waals surface area contributed by atoms with Crippen molar-refractivity contribution in [3.05, 3.63) is 49.2 Å². The first kappa shape index (κ1) is 12.3. The van der Waals surface area contributed by atoms with Crippen LogP contribution in [0.2, 0.25) is 0 Å². The summed E-state index contributed by atoms with van der Waals surface area (Å²) in [7, 11) is 0. The molecule has 0 aliphatic carbocycles. The molecular formula is C12H16O2. The lowest BCUT2D eigenvalue weighted by atomic mass is 10.2. The van der Waals surface area contributed by atoms with E-state index in [1.165, 1.54) is 6.26 Å². The van der Waals surface area contributed by atoms with Gasteiger partial charge in [0.15, 0.2) is 0 Å². The average molecular weight is 192 g/mol. The van der Waals surface area contributed by atoms with Crippen molar-refractivity contribution in [3.63, 3.8) is 0 Å². The predicted molar refractivity (Wildman–Crippen MR) is 60.0 cm³/mol. The summed E-state index contributed by atoms with van der Waals surface area (Å²) in [6.45, 7) is 9.55. The van der Waals surface area contributed by atoms with Gasteiger partial charge in [0, 0.05) is 0 Å². The van der Waals surface area contributed by atoms with Crippen LogP contribution < -0.4 is 0 Å². The van der Waals surface area contributed by atoms with Crippen LogP contribution in [0.3, 0.4) is 0 Å². The quantitative estimate of drug-likeness (QED) is 0.745. The van der Waals surface area contributed by atoms with Crippen LogP contribution in [-0.4, -0.2) is 11.7 Å². The highest BCUT2D eigenvalue weighted by Gasteiger charge is 1.84. The molecule has 1 aromatic carbocycles. The first-order chi connectivity index (χ1) is 6.74. The molecule has 1 N–H and O–H groups in total. The smallest absolute Gasteiger partial charge is 0.115 e. The molecule has 0 fully saturated rings. The Hall–Kier alpha value is -1.70. The van der Waals surface area contributed by atoms with E-state index < -0.39 is 0 Å². The van der Waals surface area contributed by atoms with Gasteiger partial charge in [0.05, 0.1) is 12.9 Å². The molecule has 0 radical (unpaired) electrons. The van der Waals surface area contributed by atoms with Crippen molar-refractivity contribution >= 4 is 6.08 Å². The van der Waals surface area contributed by atoms with Crippen molar-refractivity contribution in [1.29, 1.82) is 0 Å². The van der Waals surface area contributed by atoms with E-state index in [9.17, 15) is 0 Å². The average Bonchev–Trinajstić information content (AvgIpc) is 2.21. The van der Waals surface area contributed by atoms with Gasteiger partial charge in [-0.2, -0.15) is 0 Å². The monoisotopic (exact) mass is 192 g/mol. The summed E-state index contributed by atoms with van der Waals surface area (Å²) in [6, 6.07) is 6.89. The molecule has 0 amide bonds. The van der Waals surface area contributed by atoms with E-state index in [4.69, 9.17) is 5.11 Å². The van der Waals surface area contributed by atoms with E-state index in [2.05, 4.69) is 17.9 Å². The molecule has 1 aromatic rings. The van der Waals surface area contributed by atoms with Crippen molar-refractivity contribution in [1.82, 2.24) is 0 Å². The zero-order chi connectivity index (χ0) is 10.8. The Morgan fingerprint density at radius 3 is 2.14 bits per heavy atom. The van der Waals surface area contributed by atoms with Gasteiger partial charge in [-0.25, -0.2) is 0 Å². The molecular weight excluding hydrogens is 176 g/mol. The highest BCUT2D eigenvalue weighted by Crippen LogP contribution is 2.09. The molecule has 0 atom stereocenters. The van der Waals surface area contributed by atoms with Crippen molar-refractivity contribution in [2.45, 2.75) is 6.92 Å². The Morgan fingerprint density at radius 1 is 1.29 bits per heavy atom. The second-order valence-corrected chi connectivity index (χ2v) is 2.42. The Labute approximate surface area is 85.2 Å². The van der Waals surface area contributed by atoms with Crippen LogP contribution in [0, 0.1) is 0 Å². The number of benzene rings is 1. The van der Waals surface area contributed by atoms with E-state index in [-0.39, 0.29) is 0 Å². The Balaban J connectivity index is 0.000000292. The fraction of sp³-hybridized carbons (Fsp3) is 0.167. The topological polar surface area (TPSA) is 29.5 Å². The molecule has 0 bridgehead atoms. The summed E-state index contributed by atoms with van der Waals surface area (Å²) >= 11 is 0. The molecule has 2 heteroatoms. The maximum atomic E-state index is 8.82. The number of ether oxygens (including phenoxy) is 1. The first-order valence-electron chi connectivity index (χ1n) is 4.38. The molecule has 1 rings (SSSR count). The Kier molecular flexibility index (Phi) is 6.96. The minimum absolute atomic E-state index is 0.292. The summed E-state index contributed by atoms with van der Waals surface area (Å²) in [4.78, 5) is 0. The first-order valence-corrected chi connectivity index (χ1v) is 4.38. The third-order valence-corrected chi connectivity index (χ3v) is 1.41. The molecule has 0 heterocycles. The number of phenols is 1. The molecule has 0 aromatic heterocycles. The summed E-state index contributed by atoms with van der Waals surface area (Å²) in [5, 5.41) is 8.82. The summed E-state index contributed by atoms with van der Waals surface area (Å²) in [5.41, 5.74) is 1.02. The van der Waals surface area contributed by atoms with Crippen LogP contribution in [0.25, 0.3) is 6.08 Å². The van der Waals surface area contributed by atoms with Gasteiger partial charge < -0.3 is 9.84 Å². The van der Waals surface area contributed by atoms with E-state index in [0.717, 1.165) is 12.2 Å². The predicted octanol–water partition coefficient (Wildman–Crippen LogP) is 3.20. The van der Waals surface area contributed by atoms with E-state index >= 15 is 0 Å². The molecule has 0 saturated carbocycles. The fourth-order valence-electron chi connectivity index (χ4n) is 0.728. The zero-order valence-corrected chi connectivity index (χ0v) is 8.44.